The lowest BCUT2D eigenvalue weighted by Gasteiger charge is -2.06. The van der Waals surface area contributed by atoms with Crippen LogP contribution < -0.4 is 5.32 Å². The number of hydrogen-bond donors (Lipinski definition) is 1. The van der Waals surface area contributed by atoms with Crippen molar-refractivity contribution in [2.24, 2.45) is 0 Å². The number of aryl methyl sites for hydroxylation is 1. The molecule has 0 saturated heterocycles. The summed E-state index contributed by atoms with van der Waals surface area (Å²) in [6, 6.07) is 15.3. The van der Waals surface area contributed by atoms with Crippen LogP contribution in [0.4, 0.5) is 0 Å². The lowest BCUT2D eigenvalue weighted by Crippen LogP contribution is -2.27. The molecule has 2 heterocycles. The van der Waals surface area contributed by atoms with Gasteiger partial charge in [-0.1, -0.05) is 34.7 Å². The summed E-state index contributed by atoms with van der Waals surface area (Å²) in [4.78, 5) is 12.1. The Morgan fingerprint density at radius 2 is 1.46 bits per heavy atom. The summed E-state index contributed by atoms with van der Waals surface area (Å²) >= 11 is 0. The summed E-state index contributed by atoms with van der Waals surface area (Å²) in [5.74, 6) is -0.0748. The fraction of sp³-hybridized carbons (Fsp3) is 0.188. The van der Waals surface area contributed by atoms with Gasteiger partial charge >= 0.3 is 0 Å². The monoisotopic (exact) mass is 321 g/mol. The number of amides is 1. The van der Waals surface area contributed by atoms with Crippen LogP contribution in [0.5, 0.6) is 0 Å². The van der Waals surface area contributed by atoms with Gasteiger partial charge in [0, 0.05) is 6.42 Å². The van der Waals surface area contributed by atoms with Crippen molar-refractivity contribution in [1.29, 1.82) is 0 Å². The average molecular weight is 321 g/mol. The van der Waals surface area contributed by atoms with E-state index >= 15 is 0 Å². The molecule has 1 amide bonds. The highest BCUT2D eigenvalue weighted by molar-refractivity contribution is 5.77. The Bertz CT molecular complexity index is 924. The van der Waals surface area contributed by atoms with Crippen molar-refractivity contribution in [1.82, 2.24) is 35.3 Å². The lowest BCUT2D eigenvalue weighted by atomic mass is 10.3. The molecule has 8 nitrogen and oxygen atoms in total. The molecular formula is C16H15N7O. The van der Waals surface area contributed by atoms with Gasteiger partial charge in [-0.2, -0.15) is 0 Å². The Hall–Kier alpha value is -3.29. The van der Waals surface area contributed by atoms with Crippen molar-refractivity contribution in [3.8, 4) is 0 Å². The largest absolute Gasteiger partial charge is 0.337 e. The van der Waals surface area contributed by atoms with Crippen LogP contribution in [0.1, 0.15) is 6.42 Å². The van der Waals surface area contributed by atoms with Crippen molar-refractivity contribution in [3.63, 3.8) is 0 Å². The highest BCUT2D eigenvalue weighted by Crippen LogP contribution is 2.10. The molecule has 0 radical (unpaired) electrons. The third kappa shape index (κ3) is 2.69. The Labute approximate surface area is 137 Å². The number of nitrogens with zero attached hydrogens (tertiary/aromatic N) is 6. The van der Waals surface area contributed by atoms with E-state index in [1.54, 1.807) is 9.36 Å². The summed E-state index contributed by atoms with van der Waals surface area (Å²) < 4.78 is 3.40. The summed E-state index contributed by atoms with van der Waals surface area (Å²) in [6.07, 6.45) is 0.319. The summed E-state index contributed by atoms with van der Waals surface area (Å²) in [5.41, 5.74) is 3.44. The SMILES string of the molecule is O=C(CCn1nnc2ccccc21)NCn1nnc2ccccc21. The fourth-order valence-corrected chi connectivity index (χ4v) is 2.58. The molecule has 0 bridgehead atoms. The third-order valence-corrected chi connectivity index (χ3v) is 3.82. The van der Waals surface area contributed by atoms with Crippen LogP contribution in [0.15, 0.2) is 48.5 Å². The van der Waals surface area contributed by atoms with Crippen molar-refractivity contribution in [2.75, 3.05) is 0 Å². The molecule has 0 atom stereocenters. The molecule has 0 aliphatic rings. The normalized spacial score (nSPS) is 11.2. The number of fused-ring (bicyclic) bond motifs is 2. The van der Waals surface area contributed by atoms with Gasteiger partial charge in [-0.15, -0.1) is 10.2 Å². The van der Waals surface area contributed by atoms with Crippen LogP contribution >= 0.6 is 0 Å². The van der Waals surface area contributed by atoms with E-state index in [9.17, 15) is 4.79 Å². The van der Waals surface area contributed by atoms with Gasteiger partial charge in [0.1, 0.15) is 17.7 Å². The minimum Gasteiger partial charge on any atom is -0.337 e. The number of aromatic nitrogens is 6. The van der Waals surface area contributed by atoms with E-state index in [2.05, 4.69) is 25.9 Å². The van der Waals surface area contributed by atoms with E-state index in [1.165, 1.54) is 0 Å². The second-order valence-electron chi connectivity index (χ2n) is 5.39. The number of benzene rings is 2. The predicted molar refractivity (Wildman–Crippen MR) is 87.8 cm³/mol. The number of carbonyl (C=O) groups excluding carboxylic acids is 1. The number of nitrogens with one attached hydrogen (secondary N) is 1. The molecule has 0 unspecified atom stereocenters. The van der Waals surface area contributed by atoms with Gasteiger partial charge in [0.2, 0.25) is 5.91 Å². The van der Waals surface area contributed by atoms with Crippen LogP contribution in [-0.2, 0) is 18.0 Å². The van der Waals surface area contributed by atoms with Crippen LogP contribution in [0, 0.1) is 0 Å². The first-order valence-electron chi connectivity index (χ1n) is 7.64. The Morgan fingerprint density at radius 3 is 2.17 bits per heavy atom. The topological polar surface area (TPSA) is 90.5 Å². The van der Waals surface area contributed by atoms with Gasteiger partial charge in [0.05, 0.1) is 17.6 Å². The lowest BCUT2D eigenvalue weighted by molar-refractivity contribution is -0.121. The molecule has 0 aliphatic heterocycles. The second-order valence-corrected chi connectivity index (χ2v) is 5.39. The van der Waals surface area contributed by atoms with Crippen LogP contribution in [0.2, 0.25) is 0 Å². The average Bonchev–Trinajstić information content (AvgIpc) is 3.22. The molecule has 0 fully saturated rings. The molecule has 120 valence electrons. The highest BCUT2D eigenvalue weighted by Gasteiger charge is 2.08. The van der Waals surface area contributed by atoms with Crippen molar-refractivity contribution in [3.05, 3.63) is 48.5 Å². The van der Waals surface area contributed by atoms with Gasteiger partial charge in [0.25, 0.3) is 0 Å². The quantitative estimate of drug-likeness (QED) is 0.599. The molecule has 0 aliphatic carbocycles. The third-order valence-electron chi connectivity index (χ3n) is 3.82. The first-order chi connectivity index (χ1) is 11.8. The van der Waals surface area contributed by atoms with Gasteiger partial charge in [-0.25, -0.2) is 9.36 Å². The maximum Gasteiger partial charge on any atom is 0.223 e. The molecule has 0 saturated carbocycles. The van der Waals surface area contributed by atoms with Gasteiger partial charge in [0.15, 0.2) is 0 Å². The summed E-state index contributed by atoms with van der Waals surface area (Å²) in [6.45, 7) is 0.766. The zero-order chi connectivity index (χ0) is 16.4. The Balaban J connectivity index is 1.37. The number of hydrogen-bond acceptors (Lipinski definition) is 5. The summed E-state index contributed by atoms with van der Waals surface area (Å²) in [7, 11) is 0. The van der Waals surface area contributed by atoms with Crippen molar-refractivity contribution < 1.29 is 4.79 Å². The molecule has 0 spiro atoms. The van der Waals surface area contributed by atoms with Crippen LogP contribution in [-0.4, -0.2) is 35.9 Å². The number of rotatable bonds is 5. The first-order valence-corrected chi connectivity index (χ1v) is 7.64. The second kappa shape index (κ2) is 6.07. The fourth-order valence-electron chi connectivity index (χ4n) is 2.58. The molecule has 4 aromatic rings. The maximum atomic E-state index is 12.1. The molecule has 8 heteroatoms. The van der Waals surface area contributed by atoms with Crippen LogP contribution in [0.25, 0.3) is 22.1 Å². The first kappa shape index (κ1) is 14.3. The molecule has 1 N–H and O–H groups in total. The van der Waals surface area contributed by atoms with E-state index in [-0.39, 0.29) is 12.6 Å². The smallest absolute Gasteiger partial charge is 0.223 e. The minimum absolute atomic E-state index is 0.0748. The maximum absolute atomic E-state index is 12.1. The molecule has 24 heavy (non-hydrogen) atoms. The zero-order valence-electron chi connectivity index (χ0n) is 12.8. The van der Waals surface area contributed by atoms with Gasteiger partial charge < -0.3 is 5.32 Å². The summed E-state index contributed by atoms with van der Waals surface area (Å²) in [5, 5.41) is 19.1. The highest BCUT2D eigenvalue weighted by atomic mass is 16.1. The van der Waals surface area contributed by atoms with Gasteiger partial charge in [-0.05, 0) is 24.3 Å². The molecular weight excluding hydrogens is 306 g/mol. The van der Waals surface area contributed by atoms with Gasteiger partial charge in [-0.3, -0.25) is 4.79 Å². The molecule has 2 aromatic carbocycles. The van der Waals surface area contributed by atoms with E-state index in [0.29, 0.717) is 13.0 Å². The van der Waals surface area contributed by atoms with E-state index in [0.717, 1.165) is 22.1 Å². The zero-order valence-corrected chi connectivity index (χ0v) is 12.8. The van der Waals surface area contributed by atoms with Crippen LogP contribution in [0.3, 0.4) is 0 Å². The number of para-hydroxylation sites is 2. The van der Waals surface area contributed by atoms with E-state index in [1.807, 2.05) is 48.5 Å². The Morgan fingerprint density at radius 1 is 0.875 bits per heavy atom. The standard InChI is InChI=1S/C16H15N7O/c24-16(9-10-22-14-7-3-1-5-12(14)18-20-22)17-11-23-15-8-4-2-6-13(15)19-21-23/h1-8H,9-11H2,(H,17,24). The number of carbonyl (C=O) groups is 1. The van der Waals surface area contributed by atoms with Crippen molar-refractivity contribution >= 4 is 28.0 Å². The van der Waals surface area contributed by atoms with Crippen molar-refractivity contribution in [2.45, 2.75) is 19.6 Å². The molecule has 4 rings (SSSR count). The predicted octanol–water partition coefficient (Wildman–Crippen LogP) is 1.34. The molecule has 2 aromatic heterocycles. The van der Waals surface area contributed by atoms with E-state index < -0.39 is 0 Å². The minimum atomic E-state index is -0.0748. The van der Waals surface area contributed by atoms with E-state index in [4.69, 9.17) is 0 Å². The Kier molecular flexibility index (Phi) is 3.62.